The van der Waals surface area contributed by atoms with Gasteiger partial charge in [0.2, 0.25) is 0 Å². The zero-order chi connectivity index (χ0) is 16.8. The number of benzene rings is 1. The van der Waals surface area contributed by atoms with Gasteiger partial charge in [0, 0.05) is 25.8 Å². The summed E-state index contributed by atoms with van der Waals surface area (Å²) in [6.07, 6.45) is 0. The zero-order valence-corrected chi connectivity index (χ0v) is 13.7. The van der Waals surface area contributed by atoms with Crippen molar-refractivity contribution in [2.75, 3.05) is 13.7 Å². The van der Waals surface area contributed by atoms with E-state index in [1.165, 1.54) is 5.56 Å². The Morgan fingerprint density at radius 1 is 1.30 bits per heavy atom. The second-order valence-electron chi connectivity index (χ2n) is 5.75. The van der Waals surface area contributed by atoms with E-state index in [0.29, 0.717) is 18.2 Å². The van der Waals surface area contributed by atoms with Crippen molar-refractivity contribution in [3.8, 4) is 0 Å². The number of rotatable bonds is 7. The van der Waals surface area contributed by atoms with Gasteiger partial charge < -0.3 is 20.3 Å². The van der Waals surface area contributed by atoms with Crippen molar-refractivity contribution in [2.24, 2.45) is 5.73 Å². The van der Waals surface area contributed by atoms with Crippen LogP contribution in [0.15, 0.2) is 34.9 Å². The van der Waals surface area contributed by atoms with E-state index in [-0.39, 0.29) is 24.2 Å². The average Bonchev–Trinajstić information content (AvgIpc) is 3.01. The van der Waals surface area contributed by atoms with E-state index in [0.717, 1.165) is 5.56 Å². The van der Waals surface area contributed by atoms with Crippen molar-refractivity contribution >= 4 is 5.91 Å². The van der Waals surface area contributed by atoms with Crippen molar-refractivity contribution in [3.63, 3.8) is 0 Å². The minimum absolute atomic E-state index is 0.222. The fourth-order valence-electron chi connectivity index (χ4n) is 2.17. The first-order chi connectivity index (χ1) is 11.0. The monoisotopic (exact) mass is 317 g/mol. The van der Waals surface area contributed by atoms with Gasteiger partial charge in [-0.2, -0.15) is 0 Å². The van der Waals surface area contributed by atoms with Crippen LogP contribution in [0.4, 0.5) is 0 Å². The zero-order valence-electron chi connectivity index (χ0n) is 13.7. The van der Waals surface area contributed by atoms with Crippen molar-refractivity contribution in [2.45, 2.75) is 32.4 Å². The first-order valence-electron chi connectivity index (χ1n) is 7.59. The number of aromatic nitrogens is 1. The Morgan fingerprint density at radius 3 is 2.57 bits per heavy atom. The molecule has 3 N–H and O–H groups in total. The van der Waals surface area contributed by atoms with Crippen molar-refractivity contribution < 1.29 is 14.1 Å². The van der Waals surface area contributed by atoms with Crippen LogP contribution in [-0.2, 0) is 11.3 Å². The number of carbonyl (C=O) groups is 1. The third-order valence-corrected chi connectivity index (χ3v) is 3.59. The first-order valence-corrected chi connectivity index (χ1v) is 7.59. The Morgan fingerprint density at radius 2 is 1.96 bits per heavy atom. The van der Waals surface area contributed by atoms with Crippen molar-refractivity contribution in [1.29, 1.82) is 0 Å². The van der Waals surface area contributed by atoms with Crippen molar-refractivity contribution in [1.82, 2.24) is 10.5 Å². The molecule has 1 amide bonds. The number of nitrogens with zero attached hydrogens (tertiary/aromatic N) is 1. The summed E-state index contributed by atoms with van der Waals surface area (Å²) in [5, 5.41) is 6.47. The molecule has 1 aromatic carbocycles. The highest BCUT2D eigenvalue weighted by atomic mass is 16.5. The molecule has 0 aliphatic rings. The summed E-state index contributed by atoms with van der Waals surface area (Å²) >= 11 is 0. The molecule has 2 rings (SSSR count). The fraction of sp³-hybridized carbons (Fsp3) is 0.412. The number of ether oxygens (including phenoxy) is 1. The minimum atomic E-state index is -0.314. The molecule has 0 fully saturated rings. The molecule has 1 aromatic heterocycles. The van der Waals surface area contributed by atoms with E-state index >= 15 is 0 Å². The molecule has 1 unspecified atom stereocenters. The van der Waals surface area contributed by atoms with Crippen LogP contribution in [0.1, 0.15) is 53.2 Å². The molecule has 2 aromatic rings. The lowest BCUT2D eigenvalue weighted by Gasteiger charge is -2.14. The number of nitrogens with two attached hydrogens (primary N) is 1. The quantitative estimate of drug-likeness (QED) is 0.818. The molecule has 124 valence electrons. The summed E-state index contributed by atoms with van der Waals surface area (Å²) in [6, 6.07) is 9.41. The van der Waals surface area contributed by atoms with Gasteiger partial charge in [-0.15, -0.1) is 0 Å². The van der Waals surface area contributed by atoms with Crippen LogP contribution in [0.3, 0.4) is 0 Å². The lowest BCUT2D eigenvalue weighted by molar-refractivity contribution is 0.0941. The maximum absolute atomic E-state index is 12.0. The number of amides is 1. The van der Waals surface area contributed by atoms with Crippen LogP contribution < -0.4 is 11.1 Å². The Labute approximate surface area is 136 Å². The SMILES string of the molecule is COCc1cc(C(=O)NCC(N)c2ccc(C(C)C)cc2)no1. The van der Waals surface area contributed by atoms with Gasteiger partial charge in [-0.05, 0) is 17.0 Å². The molecule has 1 heterocycles. The highest BCUT2D eigenvalue weighted by Crippen LogP contribution is 2.17. The second kappa shape index (κ2) is 7.89. The smallest absolute Gasteiger partial charge is 0.273 e. The molecular weight excluding hydrogens is 294 g/mol. The standard InChI is InChI=1S/C17H23N3O3/c1-11(2)12-4-6-13(7-5-12)15(18)9-19-17(21)16-8-14(10-22-3)23-20-16/h4-8,11,15H,9-10,18H2,1-3H3,(H,19,21). The van der Waals surface area contributed by atoms with Crippen molar-refractivity contribution in [3.05, 3.63) is 52.9 Å². The summed E-state index contributed by atoms with van der Waals surface area (Å²) in [7, 11) is 1.55. The first kappa shape index (κ1) is 17.2. The minimum Gasteiger partial charge on any atom is -0.377 e. The van der Waals surface area contributed by atoms with Gasteiger partial charge in [-0.1, -0.05) is 43.3 Å². The van der Waals surface area contributed by atoms with Crippen LogP contribution in [0.25, 0.3) is 0 Å². The van der Waals surface area contributed by atoms with E-state index in [1.807, 2.05) is 12.1 Å². The van der Waals surface area contributed by atoms with Gasteiger partial charge in [-0.3, -0.25) is 4.79 Å². The molecule has 0 saturated heterocycles. The van der Waals surface area contributed by atoms with Crippen LogP contribution >= 0.6 is 0 Å². The lowest BCUT2D eigenvalue weighted by Crippen LogP contribution is -2.32. The van der Waals surface area contributed by atoms with Gasteiger partial charge in [0.1, 0.15) is 6.61 Å². The van der Waals surface area contributed by atoms with Gasteiger partial charge in [0.15, 0.2) is 11.5 Å². The number of methoxy groups -OCH3 is 1. The summed E-state index contributed by atoms with van der Waals surface area (Å²) in [5.74, 6) is 0.671. The number of carbonyl (C=O) groups excluding carboxylic acids is 1. The molecular formula is C17H23N3O3. The van der Waals surface area contributed by atoms with Crippen LogP contribution in [-0.4, -0.2) is 24.7 Å². The Balaban J connectivity index is 1.89. The third kappa shape index (κ3) is 4.64. The van der Waals surface area contributed by atoms with E-state index in [9.17, 15) is 4.79 Å². The molecule has 0 saturated carbocycles. The molecule has 0 aliphatic carbocycles. The van der Waals surface area contributed by atoms with Gasteiger partial charge >= 0.3 is 0 Å². The lowest BCUT2D eigenvalue weighted by atomic mass is 9.99. The highest BCUT2D eigenvalue weighted by Gasteiger charge is 2.14. The normalized spacial score (nSPS) is 12.4. The molecule has 6 heteroatoms. The topological polar surface area (TPSA) is 90.4 Å². The largest absolute Gasteiger partial charge is 0.377 e. The number of nitrogens with one attached hydrogen (secondary N) is 1. The molecule has 23 heavy (non-hydrogen) atoms. The van der Waals surface area contributed by atoms with Gasteiger partial charge in [0.25, 0.3) is 5.91 Å². The second-order valence-corrected chi connectivity index (χ2v) is 5.75. The Kier molecular flexibility index (Phi) is 5.90. The van der Waals surface area contributed by atoms with Crippen LogP contribution in [0.5, 0.6) is 0 Å². The number of hydrogen-bond acceptors (Lipinski definition) is 5. The average molecular weight is 317 g/mol. The predicted octanol–water partition coefficient (Wildman–Crippen LogP) is 2.37. The maximum atomic E-state index is 12.0. The fourth-order valence-corrected chi connectivity index (χ4v) is 2.17. The van der Waals surface area contributed by atoms with Crippen LogP contribution in [0, 0.1) is 0 Å². The summed E-state index contributed by atoms with van der Waals surface area (Å²) in [5.41, 5.74) is 8.59. The van der Waals surface area contributed by atoms with E-state index < -0.39 is 0 Å². The Bertz CT molecular complexity index is 635. The third-order valence-electron chi connectivity index (χ3n) is 3.59. The molecule has 0 bridgehead atoms. The molecule has 6 nitrogen and oxygen atoms in total. The summed E-state index contributed by atoms with van der Waals surface area (Å²) in [4.78, 5) is 12.0. The highest BCUT2D eigenvalue weighted by molar-refractivity contribution is 5.92. The van der Waals surface area contributed by atoms with Crippen LogP contribution in [0.2, 0.25) is 0 Å². The van der Waals surface area contributed by atoms with E-state index in [2.05, 4.69) is 36.5 Å². The number of hydrogen-bond donors (Lipinski definition) is 2. The summed E-state index contributed by atoms with van der Waals surface area (Å²) < 4.78 is 9.90. The molecule has 0 radical (unpaired) electrons. The maximum Gasteiger partial charge on any atom is 0.273 e. The van der Waals surface area contributed by atoms with Gasteiger partial charge in [-0.25, -0.2) is 0 Å². The molecule has 1 atom stereocenters. The molecule has 0 spiro atoms. The summed E-state index contributed by atoms with van der Waals surface area (Å²) in [6.45, 7) is 4.89. The Hall–Kier alpha value is -2.18. The van der Waals surface area contributed by atoms with E-state index in [4.69, 9.17) is 15.0 Å². The molecule has 0 aliphatic heterocycles. The van der Waals surface area contributed by atoms with Gasteiger partial charge in [0.05, 0.1) is 0 Å². The van der Waals surface area contributed by atoms with E-state index in [1.54, 1.807) is 13.2 Å². The predicted molar refractivity (Wildman–Crippen MR) is 87.0 cm³/mol.